The smallest absolute Gasteiger partial charge is 0.322 e. The minimum atomic E-state index is -1.20. The van der Waals surface area contributed by atoms with E-state index in [2.05, 4.69) is 10.6 Å². The second-order valence-corrected chi connectivity index (χ2v) is 8.80. The molecule has 0 heterocycles. The van der Waals surface area contributed by atoms with Crippen LogP contribution in [0, 0.1) is 11.7 Å². The number of carbonyl (C=O) groups is 2. The lowest BCUT2D eigenvalue weighted by Gasteiger charge is -2.46. The van der Waals surface area contributed by atoms with Gasteiger partial charge in [0, 0.05) is 23.7 Å². The number of amides is 3. The predicted octanol–water partition coefficient (Wildman–Crippen LogP) is 4.54. The molecule has 7 heteroatoms. The van der Waals surface area contributed by atoms with E-state index >= 15 is 4.39 Å². The Bertz CT molecular complexity index is 1140. The fourth-order valence-corrected chi connectivity index (χ4v) is 4.81. The van der Waals surface area contributed by atoms with Gasteiger partial charge in [-0.15, -0.1) is 0 Å². The molecule has 182 valence electrons. The summed E-state index contributed by atoms with van der Waals surface area (Å²) in [6.07, 6.45) is 1.14. The Kier molecular flexibility index (Phi) is 7.90. The first kappa shape index (κ1) is 24.6. The molecule has 35 heavy (non-hydrogen) atoms. The highest BCUT2D eigenvalue weighted by molar-refractivity contribution is 6.04. The van der Waals surface area contributed by atoms with Gasteiger partial charge in [0.15, 0.2) is 0 Å². The van der Waals surface area contributed by atoms with Crippen LogP contribution < -0.4 is 10.6 Å². The van der Waals surface area contributed by atoms with Crippen LogP contribution in [0.4, 0.5) is 9.18 Å². The first-order chi connectivity index (χ1) is 17.0. The van der Waals surface area contributed by atoms with E-state index < -0.39 is 29.2 Å². The molecule has 1 fully saturated rings. The molecule has 1 aliphatic carbocycles. The quantitative estimate of drug-likeness (QED) is 0.467. The number of imide groups is 1. The van der Waals surface area contributed by atoms with Gasteiger partial charge in [0.25, 0.3) is 5.91 Å². The number of aliphatic hydroxyl groups is 1. The van der Waals surface area contributed by atoms with Gasteiger partial charge >= 0.3 is 6.03 Å². The van der Waals surface area contributed by atoms with E-state index in [-0.39, 0.29) is 18.3 Å². The Hall–Kier alpha value is -3.55. The van der Waals surface area contributed by atoms with Gasteiger partial charge in [0.2, 0.25) is 0 Å². The van der Waals surface area contributed by atoms with Crippen LogP contribution >= 0.6 is 0 Å². The predicted molar refractivity (Wildman–Crippen MR) is 130 cm³/mol. The van der Waals surface area contributed by atoms with Gasteiger partial charge in [0.1, 0.15) is 5.82 Å². The van der Waals surface area contributed by atoms with Crippen molar-refractivity contribution in [1.82, 2.24) is 10.6 Å². The van der Waals surface area contributed by atoms with Crippen molar-refractivity contribution in [2.24, 2.45) is 5.92 Å². The maximum absolute atomic E-state index is 15.0. The van der Waals surface area contributed by atoms with Crippen molar-refractivity contribution >= 4 is 11.9 Å². The van der Waals surface area contributed by atoms with Crippen molar-refractivity contribution in [2.75, 3.05) is 6.61 Å². The van der Waals surface area contributed by atoms with Crippen LogP contribution in [0.3, 0.4) is 0 Å². The number of aliphatic hydroxyl groups excluding tert-OH is 1. The number of hydrogen-bond acceptors (Lipinski definition) is 4. The minimum absolute atomic E-state index is 0.164. The molecule has 0 aromatic heterocycles. The molecule has 1 saturated carbocycles. The van der Waals surface area contributed by atoms with E-state index in [1.165, 1.54) is 6.07 Å². The molecule has 3 atom stereocenters. The van der Waals surface area contributed by atoms with Gasteiger partial charge in [-0.2, -0.15) is 0 Å². The van der Waals surface area contributed by atoms with Crippen molar-refractivity contribution in [1.29, 1.82) is 0 Å². The Morgan fingerprint density at radius 1 is 0.971 bits per heavy atom. The number of urea groups is 1. The Labute approximate surface area is 204 Å². The third-order valence-electron chi connectivity index (χ3n) is 6.61. The lowest BCUT2D eigenvalue weighted by Crippen LogP contribution is -2.59. The van der Waals surface area contributed by atoms with Crippen LogP contribution in [-0.2, 0) is 16.9 Å². The highest BCUT2D eigenvalue weighted by atomic mass is 19.1. The first-order valence-corrected chi connectivity index (χ1v) is 11.7. The average Bonchev–Trinajstić information content (AvgIpc) is 2.89. The number of ether oxygens (including phenoxy) is 1. The van der Waals surface area contributed by atoms with Gasteiger partial charge in [-0.25, -0.2) is 9.18 Å². The number of nitrogens with one attached hydrogen (secondary N) is 2. The van der Waals surface area contributed by atoms with Crippen LogP contribution in [0.1, 0.15) is 40.7 Å². The Morgan fingerprint density at radius 2 is 1.63 bits per heavy atom. The van der Waals surface area contributed by atoms with E-state index in [0.29, 0.717) is 31.4 Å². The summed E-state index contributed by atoms with van der Waals surface area (Å²) in [7, 11) is 0. The van der Waals surface area contributed by atoms with E-state index in [1.807, 2.05) is 30.3 Å². The van der Waals surface area contributed by atoms with Gasteiger partial charge in [-0.3, -0.25) is 10.1 Å². The van der Waals surface area contributed by atoms with Crippen molar-refractivity contribution in [3.63, 3.8) is 0 Å². The second-order valence-electron chi connectivity index (χ2n) is 8.80. The summed E-state index contributed by atoms with van der Waals surface area (Å²) < 4.78 is 21.1. The van der Waals surface area contributed by atoms with E-state index in [9.17, 15) is 14.7 Å². The standard InChI is InChI=1S/C28H29FN2O4/c29-25-14-8-7-13-24(25)28(31-27(34)30-26(33)21-11-5-2-6-12-21)16-15-23(17-22(28)18-32)35-19-20-9-3-1-4-10-20/h1-14,22-23,32H,15-19H2,(H2,30,31,33,34)/t22-,23?,28-/m0/s1. The summed E-state index contributed by atoms with van der Waals surface area (Å²) in [5.74, 6) is -1.57. The summed E-state index contributed by atoms with van der Waals surface area (Å²) in [4.78, 5) is 25.5. The molecule has 0 aliphatic heterocycles. The molecule has 0 spiro atoms. The van der Waals surface area contributed by atoms with E-state index in [0.717, 1.165) is 5.56 Å². The van der Waals surface area contributed by atoms with Crippen molar-refractivity contribution in [2.45, 2.75) is 37.5 Å². The molecule has 3 amide bonds. The third kappa shape index (κ3) is 5.75. The number of rotatable bonds is 7. The van der Waals surface area contributed by atoms with Gasteiger partial charge in [-0.05, 0) is 43.0 Å². The normalized spacial score (nSPS) is 21.8. The zero-order valence-electron chi connectivity index (χ0n) is 19.3. The molecule has 6 nitrogen and oxygen atoms in total. The molecule has 3 aromatic rings. The fourth-order valence-electron chi connectivity index (χ4n) is 4.81. The maximum Gasteiger partial charge on any atom is 0.322 e. The molecular formula is C28H29FN2O4. The fraction of sp³-hybridized carbons (Fsp3) is 0.286. The Morgan fingerprint density at radius 3 is 2.31 bits per heavy atom. The minimum Gasteiger partial charge on any atom is -0.396 e. The van der Waals surface area contributed by atoms with Gasteiger partial charge < -0.3 is 15.2 Å². The van der Waals surface area contributed by atoms with Crippen LogP contribution in [-0.4, -0.2) is 29.8 Å². The van der Waals surface area contributed by atoms with Crippen LogP contribution in [0.15, 0.2) is 84.9 Å². The molecule has 1 unspecified atom stereocenters. The summed E-state index contributed by atoms with van der Waals surface area (Å²) in [5, 5.41) is 15.5. The summed E-state index contributed by atoms with van der Waals surface area (Å²) >= 11 is 0. The van der Waals surface area contributed by atoms with Crippen LogP contribution in [0.5, 0.6) is 0 Å². The monoisotopic (exact) mass is 476 g/mol. The molecule has 0 radical (unpaired) electrons. The highest BCUT2D eigenvalue weighted by Gasteiger charge is 2.47. The molecule has 0 bridgehead atoms. The summed E-state index contributed by atoms with van der Waals surface area (Å²) in [5.41, 5.74) is 0.450. The van der Waals surface area contributed by atoms with Gasteiger partial charge in [0.05, 0.1) is 18.2 Å². The van der Waals surface area contributed by atoms with Crippen LogP contribution in [0.2, 0.25) is 0 Å². The SMILES string of the molecule is O=C(NC(=O)c1ccccc1)N[C@@]1(c2ccccc2F)CCC(OCc2ccccc2)C[C@H]1CO. The zero-order valence-corrected chi connectivity index (χ0v) is 19.3. The number of carbonyl (C=O) groups excluding carboxylic acids is 2. The van der Waals surface area contributed by atoms with Crippen molar-refractivity contribution < 1.29 is 23.8 Å². The number of halogens is 1. The third-order valence-corrected chi connectivity index (χ3v) is 6.61. The summed E-state index contributed by atoms with van der Waals surface area (Å²) in [6.45, 7) is 0.141. The Balaban J connectivity index is 1.54. The molecular weight excluding hydrogens is 447 g/mol. The number of hydrogen-bond donors (Lipinski definition) is 3. The van der Waals surface area contributed by atoms with Gasteiger partial charge in [-0.1, -0.05) is 66.7 Å². The van der Waals surface area contributed by atoms with Crippen molar-refractivity contribution in [3.05, 3.63) is 107 Å². The zero-order chi connectivity index (χ0) is 24.7. The molecule has 4 rings (SSSR count). The van der Waals surface area contributed by atoms with E-state index in [1.54, 1.807) is 48.5 Å². The van der Waals surface area contributed by atoms with Crippen molar-refractivity contribution in [3.8, 4) is 0 Å². The number of benzene rings is 3. The van der Waals surface area contributed by atoms with E-state index in [4.69, 9.17) is 4.74 Å². The summed E-state index contributed by atoms with van der Waals surface area (Å²) in [6, 6.07) is 23.6. The van der Waals surface area contributed by atoms with Crippen LogP contribution in [0.25, 0.3) is 0 Å². The second kappa shape index (κ2) is 11.3. The topological polar surface area (TPSA) is 87.7 Å². The average molecular weight is 477 g/mol. The molecule has 3 N–H and O–H groups in total. The largest absolute Gasteiger partial charge is 0.396 e. The molecule has 3 aromatic carbocycles. The molecule has 1 aliphatic rings. The maximum atomic E-state index is 15.0. The lowest BCUT2D eigenvalue weighted by atomic mass is 9.68. The lowest BCUT2D eigenvalue weighted by molar-refractivity contribution is -0.0403. The highest BCUT2D eigenvalue weighted by Crippen LogP contribution is 2.43. The first-order valence-electron chi connectivity index (χ1n) is 11.7. The molecule has 0 saturated heterocycles.